The lowest BCUT2D eigenvalue weighted by Gasteiger charge is -2.32. The zero-order valence-electron chi connectivity index (χ0n) is 15.5. The molecule has 1 amide bonds. The summed E-state index contributed by atoms with van der Waals surface area (Å²) in [4.78, 5) is 34.3. The number of thiophene rings is 1. The van der Waals surface area contributed by atoms with E-state index in [2.05, 4.69) is 35.6 Å². The molecule has 8 heteroatoms. The first kappa shape index (κ1) is 18.3. The average molecular weight is 373 g/mol. The molecular formula is C18H23N5O2S. The minimum absolute atomic E-state index is 0.0300. The van der Waals surface area contributed by atoms with Crippen LogP contribution in [0.3, 0.4) is 0 Å². The van der Waals surface area contributed by atoms with Gasteiger partial charge < -0.3 is 4.90 Å². The lowest BCUT2D eigenvalue weighted by atomic mass is 10.0. The van der Waals surface area contributed by atoms with Crippen molar-refractivity contribution in [2.24, 2.45) is 5.10 Å². The maximum Gasteiger partial charge on any atom is 0.270 e. The van der Waals surface area contributed by atoms with Crippen molar-refractivity contribution in [2.75, 3.05) is 11.6 Å². The van der Waals surface area contributed by atoms with Crippen molar-refractivity contribution >= 4 is 40.1 Å². The lowest BCUT2D eigenvalue weighted by Crippen LogP contribution is -2.43. The Morgan fingerprint density at radius 2 is 2.19 bits per heavy atom. The molecular weight excluding hydrogens is 350 g/mol. The Kier molecular flexibility index (Phi) is 4.70. The molecule has 7 nitrogen and oxygen atoms in total. The van der Waals surface area contributed by atoms with Crippen molar-refractivity contribution in [2.45, 2.75) is 46.1 Å². The van der Waals surface area contributed by atoms with Gasteiger partial charge >= 0.3 is 0 Å². The summed E-state index contributed by atoms with van der Waals surface area (Å²) in [7, 11) is 0. The van der Waals surface area contributed by atoms with E-state index in [9.17, 15) is 9.59 Å². The summed E-state index contributed by atoms with van der Waals surface area (Å²) in [5.41, 5.74) is 1.35. The number of rotatable bonds is 4. The Morgan fingerprint density at radius 3 is 2.81 bits per heavy atom. The van der Waals surface area contributed by atoms with Crippen LogP contribution in [0.1, 0.15) is 40.5 Å². The van der Waals surface area contributed by atoms with Crippen LogP contribution in [-0.2, 0) is 4.79 Å². The Hall–Kier alpha value is -2.48. The van der Waals surface area contributed by atoms with E-state index in [0.717, 1.165) is 19.4 Å². The summed E-state index contributed by atoms with van der Waals surface area (Å²) >= 11 is 1.33. The molecule has 0 atom stereocenters. The SMILES string of the molecule is C=NN(/C(C)=C(\C)C(=O)N1CCCC1(C)C)c1nc2ccsc2c(=O)[nH]1. The van der Waals surface area contributed by atoms with Crippen molar-refractivity contribution in [3.05, 3.63) is 33.1 Å². The van der Waals surface area contributed by atoms with Crippen LogP contribution >= 0.6 is 11.3 Å². The maximum atomic E-state index is 13.0. The zero-order valence-corrected chi connectivity index (χ0v) is 16.3. The third-order valence-corrected chi connectivity index (χ3v) is 5.87. The van der Waals surface area contributed by atoms with E-state index in [-0.39, 0.29) is 23.0 Å². The fourth-order valence-corrected chi connectivity index (χ4v) is 4.02. The van der Waals surface area contributed by atoms with Crippen LogP contribution in [0.2, 0.25) is 0 Å². The monoisotopic (exact) mass is 373 g/mol. The minimum atomic E-state index is -0.230. The number of aromatic amines is 1. The lowest BCUT2D eigenvalue weighted by molar-refractivity contribution is -0.130. The van der Waals surface area contributed by atoms with Crippen LogP contribution < -0.4 is 10.6 Å². The van der Waals surface area contributed by atoms with Gasteiger partial charge in [0.05, 0.1) is 11.2 Å². The number of amides is 1. The number of hydrogen-bond donors (Lipinski definition) is 1. The van der Waals surface area contributed by atoms with Gasteiger partial charge in [0.2, 0.25) is 5.95 Å². The number of likely N-dealkylation sites (tertiary alicyclic amines) is 1. The quantitative estimate of drug-likeness (QED) is 0.507. The molecule has 2 aromatic rings. The molecule has 0 saturated carbocycles. The summed E-state index contributed by atoms with van der Waals surface area (Å²) < 4.78 is 0.561. The van der Waals surface area contributed by atoms with Gasteiger partial charge in [-0.2, -0.15) is 5.10 Å². The second-order valence-electron chi connectivity index (χ2n) is 7.06. The molecule has 3 heterocycles. The first-order valence-electron chi connectivity index (χ1n) is 8.50. The number of allylic oxidation sites excluding steroid dienone is 1. The maximum absolute atomic E-state index is 13.0. The fourth-order valence-electron chi connectivity index (χ4n) is 3.29. The van der Waals surface area contributed by atoms with Crippen molar-refractivity contribution in [3.8, 4) is 0 Å². The van der Waals surface area contributed by atoms with E-state index in [1.165, 1.54) is 16.3 Å². The molecule has 0 bridgehead atoms. The largest absolute Gasteiger partial charge is 0.334 e. The Morgan fingerprint density at radius 1 is 1.46 bits per heavy atom. The van der Waals surface area contributed by atoms with Gasteiger partial charge in [0.1, 0.15) is 4.70 Å². The van der Waals surface area contributed by atoms with Gasteiger partial charge in [-0.05, 0) is 52.0 Å². The highest BCUT2D eigenvalue weighted by Gasteiger charge is 2.36. The van der Waals surface area contributed by atoms with Gasteiger partial charge in [-0.1, -0.05) is 0 Å². The molecule has 2 aromatic heterocycles. The van der Waals surface area contributed by atoms with E-state index in [1.807, 2.05) is 10.3 Å². The van der Waals surface area contributed by atoms with Gasteiger partial charge in [0.25, 0.3) is 11.5 Å². The number of hydrogen-bond acceptors (Lipinski definition) is 6. The topological polar surface area (TPSA) is 81.7 Å². The van der Waals surface area contributed by atoms with Crippen LogP contribution in [-0.4, -0.2) is 39.6 Å². The number of hydrazone groups is 1. The highest BCUT2D eigenvalue weighted by molar-refractivity contribution is 7.17. The third kappa shape index (κ3) is 3.05. The van der Waals surface area contributed by atoms with Gasteiger partial charge in [0.15, 0.2) is 0 Å². The Bertz CT molecular complexity index is 956. The van der Waals surface area contributed by atoms with Gasteiger partial charge in [0, 0.05) is 24.4 Å². The zero-order chi connectivity index (χ0) is 19.1. The molecule has 138 valence electrons. The third-order valence-electron chi connectivity index (χ3n) is 4.97. The number of nitrogens with one attached hydrogen (secondary N) is 1. The smallest absolute Gasteiger partial charge is 0.270 e. The van der Waals surface area contributed by atoms with Crippen LogP contribution in [0.25, 0.3) is 10.2 Å². The molecule has 1 aliphatic rings. The van der Waals surface area contributed by atoms with Crippen molar-refractivity contribution in [1.82, 2.24) is 14.9 Å². The first-order valence-corrected chi connectivity index (χ1v) is 9.38. The summed E-state index contributed by atoms with van der Waals surface area (Å²) in [6.45, 7) is 12.0. The van der Waals surface area contributed by atoms with Gasteiger partial charge in [-0.3, -0.25) is 14.6 Å². The number of nitrogens with zero attached hydrogens (tertiary/aromatic N) is 4. The van der Waals surface area contributed by atoms with Crippen LogP contribution in [0.4, 0.5) is 5.95 Å². The van der Waals surface area contributed by atoms with E-state index in [0.29, 0.717) is 21.5 Å². The Labute approximate surface area is 156 Å². The fraction of sp³-hybridized carbons (Fsp3) is 0.444. The molecule has 1 N–H and O–H groups in total. The molecule has 1 aliphatic heterocycles. The van der Waals surface area contributed by atoms with Crippen molar-refractivity contribution in [1.29, 1.82) is 0 Å². The molecule has 1 saturated heterocycles. The summed E-state index contributed by atoms with van der Waals surface area (Å²) in [6.07, 6.45) is 1.98. The predicted molar refractivity (Wildman–Crippen MR) is 106 cm³/mol. The van der Waals surface area contributed by atoms with Gasteiger partial charge in [-0.25, -0.2) is 9.99 Å². The normalized spacial score (nSPS) is 17.3. The molecule has 3 rings (SSSR count). The molecule has 0 aliphatic carbocycles. The van der Waals surface area contributed by atoms with E-state index < -0.39 is 0 Å². The number of aromatic nitrogens is 2. The van der Waals surface area contributed by atoms with E-state index >= 15 is 0 Å². The first-order chi connectivity index (χ1) is 12.3. The van der Waals surface area contributed by atoms with E-state index in [4.69, 9.17) is 0 Å². The molecule has 0 aromatic carbocycles. The predicted octanol–water partition coefficient (Wildman–Crippen LogP) is 3.10. The van der Waals surface area contributed by atoms with Crippen LogP contribution in [0.15, 0.2) is 32.6 Å². The molecule has 0 radical (unpaired) electrons. The molecule has 0 spiro atoms. The highest BCUT2D eigenvalue weighted by atomic mass is 32.1. The minimum Gasteiger partial charge on any atom is -0.334 e. The van der Waals surface area contributed by atoms with Crippen molar-refractivity contribution < 1.29 is 4.79 Å². The second-order valence-corrected chi connectivity index (χ2v) is 7.98. The number of carbonyl (C=O) groups is 1. The van der Waals surface area contributed by atoms with Crippen molar-refractivity contribution in [3.63, 3.8) is 0 Å². The summed E-state index contributed by atoms with van der Waals surface area (Å²) in [5, 5.41) is 7.21. The second kappa shape index (κ2) is 6.68. The standard InChI is InChI=1S/C18H23N5O2S/c1-11(16(25)22-9-6-8-18(22,3)4)12(2)23(19-5)17-20-13-7-10-26-14(13)15(24)21-17/h7,10H,5-6,8-9H2,1-4H3,(H,20,21,24)/b12-11+. The molecule has 0 unspecified atom stereocenters. The summed E-state index contributed by atoms with van der Waals surface area (Å²) in [5.74, 6) is 0.221. The van der Waals surface area contributed by atoms with Crippen LogP contribution in [0, 0.1) is 0 Å². The van der Waals surface area contributed by atoms with Crippen LogP contribution in [0.5, 0.6) is 0 Å². The van der Waals surface area contributed by atoms with E-state index in [1.54, 1.807) is 19.9 Å². The molecule has 26 heavy (non-hydrogen) atoms. The number of H-pyrrole nitrogens is 1. The summed E-state index contributed by atoms with van der Waals surface area (Å²) in [6, 6.07) is 1.78. The Balaban J connectivity index is 2.00. The highest BCUT2D eigenvalue weighted by Crippen LogP contribution is 2.30. The number of carbonyl (C=O) groups excluding carboxylic acids is 1. The van der Waals surface area contributed by atoms with Gasteiger partial charge in [-0.15, -0.1) is 11.3 Å². The number of fused-ring (bicyclic) bond motifs is 1. The molecule has 1 fully saturated rings. The average Bonchev–Trinajstić information content (AvgIpc) is 3.20. The number of anilines is 1.